The standard InChI is InChI=1S/C16H21N5O2.ClH/c1-2-7-21(8-3-1)14-5-4-12(10-18-14)15-19-16(23-20-15)13-11-17-6-9-22-13;/h4-5,10,13,17H,1-3,6-9,11H2;1H/t13-;/m0./s1. The average Bonchev–Trinajstić information content (AvgIpc) is 3.14. The minimum Gasteiger partial charge on any atom is -0.366 e. The second-order valence-corrected chi connectivity index (χ2v) is 5.97. The highest BCUT2D eigenvalue weighted by atomic mass is 35.5. The maximum absolute atomic E-state index is 5.63. The van der Waals surface area contributed by atoms with Crippen molar-refractivity contribution in [2.45, 2.75) is 25.4 Å². The molecule has 0 aliphatic carbocycles. The molecule has 2 aromatic heterocycles. The van der Waals surface area contributed by atoms with Crippen LogP contribution in [0.15, 0.2) is 22.9 Å². The van der Waals surface area contributed by atoms with Crippen LogP contribution >= 0.6 is 12.4 Å². The van der Waals surface area contributed by atoms with Crippen LogP contribution in [0.1, 0.15) is 31.3 Å². The van der Waals surface area contributed by atoms with Gasteiger partial charge in [0.15, 0.2) is 0 Å². The van der Waals surface area contributed by atoms with Gasteiger partial charge >= 0.3 is 0 Å². The van der Waals surface area contributed by atoms with Gasteiger partial charge in [0.05, 0.1) is 6.61 Å². The summed E-state index contributed by atoms with van der Waals surface area (Å²) in [6.07, 6.45) is 5.46. The fraction of sp³-hybridized carbons (Fsp3) is 0.562. The average molecular weight is 352 g/mol. The number of pyridine rings is 1. The van der Waals surface area contributed by atoms with E-state index in [9.17, 15) is 0 Å². The molecule has 8 heteroatoms. The molecule has 2 aliphatic heterocycles. The van der Waals surface area contributed by atoms with Gasteiger partial charge in [-0.25, -0.2) is 4.98 Å². The molecule has 0 spiro atoms. The van der Waals surface area contributed by atoms with Gasteiger partial charge in [-0.05, 0) is 31.4 Å². The summed E-state index contributed by atoms with van der Waals surface area (Å²) in [6.45, 7) is 4.40. The molecular formula is C16H22ClN5O2. The van der Waals surface area contributed by atoms with Gasteiger partial charge in [0.1, 0.15) is 11.9 Å². The number of piperidine rings is 1. The van der Waals surface area contributed by atoms with Crippen LogP contribution in [0.5, 0.6) is 0 Å². The number of rotatable bonds is 3. The second-order valence-electron chi connectivity index (χ2n) is 5.97. The highest BCUT2D eigenvalue weighted by molar-refractivity contribution is 5.85. The minimum atomic E-state index is -0.161. The lowest BCUT2D eigenvalue weighted by atomic mass is 10.1. The van der Waals surface area contributed by atoms with Crippen LogP contribution < -0.4 is 10.2 Å². The highest BCUT2D eigenvalue weighted by Crippen LogP contribution is 2.23. The number of morpholine rings is 1. The van der Waals surface area contributed by atoms with E-state index in [4.69, 9.17) is 9.26 Å². The van der Waals surface area contributed by atoms with E-state index in [1.807, 2.05) is 18.3 Å². The molecule has 0 bridgehead atoms. The first-order chi connectivity index (χ1) is 11.4. The first kappa shape index (κ1) is 17.1. The normalized spacial score (nSPS) is 21.3. The molecule has 0 unspecified atom stereocenters. The van der Waals surface area contributed by atoms with Gasteiger partial charge in [-0.1, -0.05) is 5.16 Å². The summed E-state index contributed by atoms with van der Waals surface area (Å²) < 4.78 is 11.0. The predicted octanol–water partition coefficient (Wildman–Crippen LogP) is 2.20. The van der Waals surface area contributed by atoms with Crippen molar-refractivity contribution in [3.05, 3.63) is 24.2 Å². The lowest BCUT2D eigenvalue weighted by Gasteiger charge is -2.27. The Morgan fingerprint density at radius 2 is 2.04 bits per heavy atom. The molecule has 0 radical (unpaired) electrons. The molecule has 0 saturated carbocycles. The van der Waals surface area contributed by atoms with Crippen molar-refractivity contribution < 1.29 is 9.26 Å². The number of hydrogen-bond donors (Lipinski definition) is 1. The number of hydrogen-bond acceptors (Lipinski definition) is 7. The van der Waals surface area contributed by atoms with E-state index >= 15 is 0 Å². The molecule has 2 aromatic rings. The zero-order valence-corrected chi connectivity index (χ0v) is 14.3. The molecule has 4 rings (SSSR count). The van der Waals surface area contributed by atoms with Crippen LogP contribution in [0.25, 0.3) is 11.4 Å². The summed E-state index contributed by atoms with van der Waals surface area (Å²) >= 11 is 0. The number of nitrogens with one attached hydrogen (secondary N) is 1. The summed E-state index contributed by atoms with van der Waals surface area (Å²) in [4.78, 5) is 11.3. The summed E-state index contributed by atoms with van der Waals surface area (Å²) in [6, 6.07) is 4.04. The number of ether oxygens (including phenoxy) is 1. The Bertz CT molecular complexity index is 636. The first-order valence-corrected chi connectivity index (χ1v) is 8.27. The molecule has 24 heavy (non-hydrogen) atoms. The van der Waals surface area contributed by atoms with E-state index < -0.39 is 0 Å². The maximum Gasteiger partial charge on any atom is 0.257 e. The van der Waals surface area contributed by atoms with Crippen LogP contribution in [0, 0.1) is 0 Å². The quantitative estimate of drug-likeness (QED) is 0.908. The van der Waals surface area contributed by atoms with Gasteiger partial charge in [-0.3, -0.25) is 0 Å². The zero-order valence-electron chi connectivity index (χ0n) is 13.5. The molecule has 1 atom stereocenters. The Morgan fingerprint density at radius 3 is 2.75 bits per heavy atom. The van der Waals surface area contributed by atoms with Crippen LogP contribution in [-0.2, 0) is 4.74 Å². The number of aromatic nitrogens is 3. The fourth-order valence-electron chi connectivity index (χ4n) is 3.04. The van der Waals surface area contributed by atoms with Crippen LogP contribution in [-0.4, -0.2) is 47.9 Å². The van der Waals surface area contributed by atoms with E-state index in [-0.39, 0.29) is 18.5 Å². The molecule has 4 heterocycles. The highest BCUT2D eigenvalue weighted by Gasteiger charge is 2.22. The van der Waals surface area contributed by atoms with Crippen molar-refractivity contribution in [2.24, 2.45) is 0 Å². The van der Waals surface area contributed by atoms with Crippen molar-refractivity contribution in [3.63, 3.8) is 0 Å². The van der Waals surface area contributed by atoms with Gasteiger partial charge < -0.3 is 19.5 Å². The van der Waals surface area contributed by atoms with Gasteiger partial charge in [0, 0.05) is 37.9 Å². The van der Waals surface area contributed by atoms with E-state index in [0.29, 0.717) is 24.9 Å². The van der Waals surface area contributed by atoms with E-state index in [1.165, 1.54) is 19.3 Å². The number of nitrogens with zero attached hydrogens (tertiary/aromatic N) is 4. The minimum absolute atomic E-state index is 0. The van der Waals surface area contributed by atoms with Crippen LogP contribution in [0.3, 0.4) is 0 Å². The summed E-state index contributed by atoms with van der Waals surface area (Å²) in [7, 11) is 0. The molecule has 0 aromatic carbocycles. The zero-order chi connectivity index (χ0) is 15.5. The molecule has 2 aliphatic rings. The van der Waals surface area contributed by atoms with E-state index in [2.05, 4.69) is 25.3 Å². The second kappa shape index (κ2) is 7.92. The monoisotopic (exact) mass is 351 g/mol. The third-order valence-corrected chi connectivity index (χ3v) is 4.33. The van der Waals surface area contributed by atoms with Gasteiger partial charge in [0.2, 0.25) is 5.82 Å². The molecule has 2 saturated heterocycles. The van der Waals surface area contributed by atoms with E-state index in [0.717, 1.165) is 31.0 Å². The predicted molar refractivity (Wildman–Crippen MR) is 92.4 cm³/mol. The number of anilines is 1. The fourth-order valence-corrected chi connectivity index (χ4v) is 3.04. The number of halogens is 1. The van der Waals surface area contributed by atoms with E-state index in [1.54, 1.807) is 0 Å². The molecule has 0 amide bonds. The van der Waals surface area contributed by atoms with Gasteiger partial charge in [-0.2, -0.15) is 4.98 Å². The van der Waals surface area contributed by atoms with Gasteiger partial charge in [-0.15, -0.1) is 12.4 Å². The van der Waals surface area contributed by atoms with Crippen molar-refractivity contribution >= 4 is 18.2 Å². The third kappa shape index (κ3) is 3.68. The Labute approximate surface area is 147 Å². The van der Waals surface area contributed by atoms with Crippen molar-refractivity contribution in [1.82, 2.24) is 20.4 Å². The molecular weight excluding hydrogens is 330 g/mol. The van der Waals surface area contributed by atoms with Gasteiger partial charge in [0.25, 0.3) is 5.89 Å². The molecule has 2 fully saturated rings. The summed E-state index contributed by atoms with van der Waals surface area (Å²) in [5.41, 5.74) is 0.865. The smallest absolute Gasteiger partial charge is 0.257 e. The van der Waals surface area contributed by atoms with Crippen molar-refractivity contribution in [1.29, 1.82) is 0 Å². The molecule has 7 nitrogen and oxygen atoms in total. The summed E-state index contributed by atoms with van der Waals surface area (Å²) in [5.74, 6) is 2.11. The Hall–Kier alpha value is -1.70. The van der Waals surface area contributed by atoms with Crippen molar-refractivity contribution in [2.75, 3.05) is 37.7 Å². The topological polar surface area (TPSA) is 76.3 Å². The maximum atomic E-state index is 5.63. The molecule has 130 valence electrons. The van der Waals surface area contributed by atoms with Crippen molar-refractivity contribution in [3.8, 4) is 11.4 Å². The Morgan fingerprint density at radius 1 is 1.17 bits per heavy atom. The Kier molecular flexibility index (Phi) is 5.65. The summed E-state index contributed by atoms with van der Waals surface area (Å²) in [5, 5.41) is 7.31. The SMILES string of the molecule is Cl.c1cc(N2CCCCC2)ncc1-c1noc([C@@H]2CNCCO2)n1. The first-order valence-electron chi connectivity index (χ1n) is 8.27. The lowest BCUT2D eigenvalue weighted by Crippen LogP contribution is -2.33. The Balaban J connectivity index is 0.00000169. The molecule has 1 N–H and O–H groups in total. The third-order valence-electron chi connectivity index (χ3n) is 4.33. The van der Waals surface area contributed by atoms with Crippen LogP contribution in [0.4, 0.5) is 5.82 Å². The largest absolute Gasteiger partial charge is 0.366 e. The lowest BCUT2D eigenvalue weighted by molar-refractivity contribution is 0.00755. The van der Waals surface area contributed by atoms with Crippen LogP contribution in [0.2, 0.25) is 0 Å².